The fourth-order valence-corrected chi connectivity index (χ4v) is 3.47. The number of aromatic nitrogens is 1. The normalized spacial score (nSPS) is 20.1. The van der Waals surface area contributed by atoms with Gasteiger partial charge in [0, 0.05) is 19.1 Å². The van der Waals surface area contributed by atoms with E-state index in [4.69, 9.17) is 4.42 Å². The second-order valence-electron chi connectivity index (χ2n) is 5.93. The van der Waals surface area contributed by atoms with Crippen molar-refractivity contribution in [3.8, 4) is 0 Å². The maximum absolute atomic E-state index is 11.9. The maximum atomic E-state index is 11.9. The highest BCUT2D eigenvalue weighted by Crippen LogP contribution is 2.20. The molecule has 1 aromatic heterocycles. The summed E-state index contributed by atoms with van der Waals surface area (Å²) in [5.74, 6) is -0.234. The molecule has 4 heteroatoms. The smallest absolute Gasteiger partial charge is 0.408 e. The summed E-state index contributed by atoms with van der Waals surface area (Å²) in [6, 6.07) is 8.39. The van der Waals surface area contributed by atoms with Crippen molar-refractivity contribution in [2.45, 2.75) is 51.6 Å². The average Bonchev–Trinajstić information content (AvgIpc) is 2.84. The van der Waals surface area contributed by atoms with E-state index in [-0.39, 0.29) is 5.76 Å². The first-order valence-corrected chi connectivity index (χ1v) is 8.12. The Hall–Kier alpha value is -1.55. The van der Waals surface area contributed by atoms with E-state index in [1.165, 1.54) is 32.2 Å². The van der Waals surface area contributed by atoms with E-state index in [1.807, 2.05) is 24.3 Å². The molecule has 0 spiro atoms. The molecule has 1 unspecified atom stereocenters. The number of piperidine rings is 1. The minimum atomic E-state index is -0.234. The Labute approximate surface area is 125 Å². The van der Waals surface area contributed by atoms with Crippen LogP contribution in [0, 0.1) is 0 Å². The zero-order chi connectivity index (χ0) is 14.7. The molecule has 1 aliphatic rings. The van der Waals surface area contributed by atoms with E-state index in [9.17, 15) is 4.79 Å². The summed E-state index contributed by atoms with van der Waals surface area (Å²) in [5.41, 5.74) is 1.60. The van der Waals surface area contributed by atoms with Crippen molar-refractivity contribution < 1.29 is 4.42 Å². The quantitative estimate of drug-likeness (QED) is 0.847. The zero-order valence-corrected chi connectivity index (χ0v) is 12.8. The van der Waals surface area contributed by atoms with Gasteiger partial charge >= 0.3 is 5.76 Å². The van der Waals surface area contributed by atoms with Crippen LogP contribution in [0.5, 0.6) is 0 Å². The van der Waals surface area contributed by atoms with Crippen LogP contribution in [0.4, 0.5) is 0 Å². The number of para-hydroxylation sites is 2. The third-order valence-electron chi connectivity index (χ3n) is 4.62. The lowest BCUT2D eigenvalue weighted by Crippen LogP contribution is -2.40. The van der Waals surface area contributed by atoms with E-state index < -0.39 is 0 Å². The van der Waals surface area contributed by atoms with E-state index in [2.05, 4.69) is 11.8 Å². The first kappa shape index (κ1) is 14.4. The molecule has 1 atom stereocenters. The SMILES string of the molecule is CCC1CCCCN1CCCn1c(=O)oc2ccccc21. The van der Waals surface area contributed by atoms with Gasteiger partial charge in [0.1, 0.15) is 0 Å². The number of nitrogens with zero attached hydrogens (tertiary/aromatic N) is 2. The summed E-state index contributed by atoms with van der Waals surface area (Å²) in [6.07, 6.45) is 6.23. The molecule has 2 aromatic rings. The van der Waals surface area contributed by atoms with Gasteiger partial charge in [0.05, 0.1) is 5.52 Å². The molecule has 0 radical (unpaired) electrons. The average molecular weight is 288 g/mol. The lowest BCUT2D eigenvalue weighted by Gasteiger charge is -2.35. The summed E-state index contributed by atoms with van der Waals surface area (Å²) in [5, 5.41) is 0. The molecule has 0 bridgehead atoms. The second-order valence-corrected chi connectivity index (χ2v) is 5.93. The Balaban J connectivity index is 1.64. The summed E-state index contributed by atoms with van der Waals surface area (Å²) in [6.45, 7) is 5.30. The van der Waals surface area contributed by atoms with Gasteiger partial charge in [-0.25, -0.2) is 4.79 Å². The molecule has 1 aliphatic heterocycles. The van der Waals surface area contributed by atoms with Crippen LogP contribution in [-0.4, -0.2) is 28.6 Å². The molecule has 21 heavy (non-hydrogen) atoms. The molecule has 1 fully saturated rings. The molecule has 2 heterocycles. The minimum Gasteiger partial charge on any atom is -0.408 e. The molecule has 4 nitrogen and oxygen atoms in total. The molecule has 0 amide bonds. The molecule has 0 aliphatic carbocycles. The molecule has 1 aromatic carbocycles. The van der Waals surface area contributed by atoms with Gasteiger partial charge in [-0.05, 0) is 44.4 Å². The highest BCUT2D eigenvalue weighted by molar-refractivity contribution is 5.72. The first-order valence-electron chi connectivity index (χ1n) is 8.12. The van der Waals surface area contributed by atoms with Crippen molar-refractivity contribution in [1.82, 2.24) is 9.47 Å². The standard InChI is InChI=1S/C17H24N2O2/c1-2-14-8-5-6-11-18(14)12-7-13-19-15-9-3-4-10-16(15)21-17(19)20/h3-4,9-10,14H,2,5-8,11-13H2,1H3. The van der Waals surface area contributed by atoms with Crippen LogP contribution in [0.1, 0.15) is 39.0 Å². The molecular formula is C17H24N2O2. The Bertz CT molecular complexity index is 644. The Morgan fingerprint density at radius 2 is 2.10 bits per heavy atom. The van der Waals surface area contributed by atoms with Crippen molar-refractivity contribution >= 4 is 11.1 Å². The highest BCUT2D eigenvalue weighted by atomic mass is 16.4. The van der Waals surface area contributed by atoms with Crippen LogP contribution < -0.4 is 5.76 Å². The summed E-state index contributed by atoms with van der Waals surface area (Å²) in [4.78, 5) is 14.5. The van der Waals surface area contributed by atoms with Crippen molar-refractivity contribution in [1.29, 1.82) is 0 Å². The number of hydrogen-bond acceptors (Lipinski definition) is 3. The van der Waals surface area contributed by atoms with Gasteiger partial charge in [0.2, 0.25) is 0 Å². The number of benzene rings is 1. The van der Waals surface area contributed by atoms with Gasteiger partial charge in [-0.15, -0.1) is 0 Å². The number of fused-ring (bicyclic) bond motifs is 1. The lowest BCUT2D eigenvalue weighted by molar-refractivity contribution is 0.140. The van der Waals surface area contributed by atoms with E-state index >= 15 is 0 Å². The Morgan fingerprint density at radius 1 is 1.24 bits per heavy atom. The largest absolute Gasteiger partial charge is 0.419 e. The predicted octanol–water partition coefficient (Wildman–Crippen LogP) is 3.25. The zero-order valence-electron chi connectivity index (χ0n) is 12.8. The number of likely N-dealkylation sites (tertiary alicyclic amines) is 1. The maximum Gasteiger partial charge on any atom is 0.419 e. The molecule has 3 rings (SSSR count). The van der Waals surface area contributed by atoms with E-state index in [1.54, 1.807) is 4.57 Å². The van der Waals surface area contributed by atoms with Crippen LogP contribution in [0.15, 0.2) is 33.5 Å². The highest BCUT2D eigenvalue weighted by Gasteiger charge is 2.20. The van der Waals surface area contributed by atoms with Gasteiger partial charge < -0.3 is 9.32 Å². The van der Waals surface area contributed by atoms with E-state index in [0.717, 1.165) is 31.1 Å². The summed E-state index contributed by atoms with van der Waals surface area (Å²) in [7, 11) is 0. The number of rotatable bonds is 5. The molecular weight excluding hydrogens is 264 g/mol. The lowest BCUT2D eigenvalue weighted by atomic mass is 10.00. The fourth-order valence-electron chi connectivity index (χ4n) is 3.47. The van der Waals surface area contributed by atoms with Gasteiger partial charge in [0.15, 0.2) is 5.58 Å². The molecule has 114 valence electrons. The van der Waals surface area contributed by atoms with Gasteiger partial charge in [-0.1, -0.05) is 25.5 Å². The molecule has 0 N–H and O–H groups in total. The topological polar surface area (TPSA) is 38.4 Å². The third-order valence-corrected chi connectivity index (χ3v) is 4.62. The summed E-state index contributed by atoms with van der Waals surface area (Å²) >= 11 is 0. The molecule has 0 saturated carbocycles. The van der Waals surface area contributed by atoms with Crippen molar-refractivity contribution in [2.75, 3.05) is 13.1 Å². The van der Waals surface area contributed by atoms with E-state index in [0.29, 0.717) is 5.58 Å². The Morgan fingerprint density at radius 3 is 2.95 bits per heavy atom. The number of hydrogen-bond donors (Lipinski definition) is 0. The predicted molar refractivity (Wildman–Crippen MR) is 84.6 cm³/mol. The summed E-state index contributed by atoms with van der Waals surface area (Å²) < 4.78 is 7.04. The van der Waals surface area contributed by atoms with Gasteiger partial charge in [0.25, 0.3) is 0 Å². The Kier molecular flexibility index (Phi) is 4.44. The van der Waals surface area contributed by atoms with Gasteiger partial charge in [-0.3, -0.25) is 4.57 Å². The van der Waals surface area contributed by atoms with Crippen LogP contribution in [0.3, 0.4) is 0 Å². The van der Waals surface area contributed by atoms with Crippen molar-refractivity contribution in [3.05, 3.63) is 34.8 Å². The molecule has 1 saturated heterocycles. The van der Waals surface area contributed by atoms with Crippen LogP contribution in [0.25, 0.3) is 11.1 Å². The van der Waals surface area contributed by atoms with Crippen LogP contribution >= 0.6 is 0 Å². The number of aryl methyl sites for hydroxylation is 1. The number of oxazole rings is 1. The van der Waals surface area contributed by atoms with Crippen molar-refractivity contribution in [3.63, 3.8) is 0 Å². The fraction of sp³-hybridized carbons (Fsp3) is 0.588. The van der Waals surface area contributed by atoms with Crippen LogP contribution in [0.2, 0.25) is 0 Å². The van der Waals surface area contributed by atoms with Crippen LogP contribution in [-0.2, 0) is 6.54 Å². The first-order chi connectivity index (χ1) is 10.3. The monoisotopic (exact) mass is 288 g/mol. The second kappa shape index (κ2) is 6.48. The van der Waals surface area contributed by atoms with Gasteiger partial charge in [-0.2, -0.15) is 0 Å². The third kappa shape index (κ3) is 3.05. The minimum absolute atomic E-state index is 0.234. The van der Waals surface area contributed by atoms with Crippen molar-refractivity contribution in [2.24, 2.45) is 0 Å².